The smallest absolute Gasteiger partial charge is 0.261 e. The minimum atomic E-state index is -0.612. The first-order valence-corrected chi connectivity index (χ1v) is 9.89. The first-order chi connectivity index (χ1) is 13.5. The molecule has 5 nitrogen and oxygen atoms in total. The second-order valence-electron chi connectivity index (χ2n) is 6.55. The van der Waals surface area contributed by atoms with Crippen molar-refractivity contribution in [1.29, 1.82) is 0 Å². The van der Waals surface area contributed by atoms with Crippen LogP contribution in [0.25, 0.3) is 0 Å². The molecule has 1 atom stereocenters. The molecular weight excluding hydrogens is 376 g/mol. The first-order valence-electron chi connectivity index (χ1n) is 9.51. The summed E-state index contributed by atoms with van der Waals surface area (Å²) in [6.45, 7) is 4.53. The van der Waals surface area contributed by atoms with E-state index in [0.717, 1.165) is 18.4 Å². The Balaban J connectivity index is 2.08. The number of nitrogens with zero attached hydrogens (tertiary/aromatic N) is 1. The van der Waals surface area contributed by atoms with E-state index in [9.17, 15) is 9.59 Å². The van der Waals surface area contributed by atoms with Crippen LogP contribution in [0.1, 0.15) is 32.3 Å². The number of benzene rings is 2. The Bertz CT molecular complexity index is 767. The summed E-state index contributed by atoms with van der Waals surface area (Å²) >= 11 is 6.09. The zero-order valence-electron chi connectivity index (χ0n) is 16.4. The molecule has 2 rings (SSSR count). The van der Waals surface area contributed by atoms with Gasteiger partial charge in [0.05, 0.1) is 5.02 Å². The van der Waals surface area contributed by atoms with Crippen molar-refractivity contribution in [2.45, 2.75) is 39.3 Å². The Morgan fingerprint density at radius 1 is 1.11 bits per heavy atom. The molecule has 0 fully saturated rings. The van der Waals surface area contributed by atoms with E-state index in [1.807, 2.05) is 30.3 Å². The number of halogens is 1. The lowest BCUT2D eigenvalue weighted by Crippen LogP contribution is -2.49. The van der Waals surface area contributed by atoms with Gasteiger partial charge in [0.25, 0.3) is 5.91 Å². The molecule has 1 unspecified atom stereocenters. The van der Waals surface area contributed by atoms with E-state index < -0.39 is 6.04 Å². The summed E-state index contributed by atoms with van der Waals surface area (Å²) in [6.07, 6.45) is 1.90. The predicted molar refractivity (Wildman–Crippen MR) is 111 cm³/mol. The molecule has 0 bridgehead atoms. The van der Waals surface area contributed by atoms with E-state index in [4.69, 9.17) is 16.3 Å². The summed E-state index contributed by atoms with van der Waals surface area (Å²) < 4.78 is 5.59. The molecule has 2 amide bonds. The summed E-state index contributed by atoms with van der Waals surface area (Å²) in [5.74, 6) is -0.00498. The van der Waals surface area contributed by atoms with Gasteiger partial charge in [0.15, 0.2) is 6.61 Å². The summed E-state index contributed by atoms with van der Waals surface area (Å²) in [7, 11) is 0. The molecule has 0 aliphatic rings. The third-order valence-electron chi connectivity index (χ3n) is 4.38. The molecule has 0 heterocycles. The van der Waals surface area contributed by atoms with Crippen LogP contribution in [0.3, 0.4) is 0 Å². The maximum absolute atomic E-state index is 12.9. The Labute approximate surface area is 171 Å². The molecule has 0 saturated carbocycles. The van der Waals surface area contributed by atoms with Crippen molar-refractivity contribution in [2.24, 2.45) is 0 Å². The van der Waals surface area contributed by atoms with Gasteiger partial charge in [-0.25, -0.2) is 0 Å². The fourth-order valence-electron chi connectivity index (χ4n) is 2.68. The van der Waals surface area contributed by atoms with E-state index in [1.54, 1.807) is 31.2 Å². The van der Waals surface area contributed by atoms with Gasteiger partial charge in [-0.3, -0.25) is 9.59 Å². The fraction of sp³-hybridized carbons (Fsp3) is 0.364. The van der Waals surface area contributed by atoms with Gasteiger partial charge in [-0.1, -0.05) is 67.4 Å². The standard InChI is InChI=1S/C22H27ClN2O3/c1-3-4-14-24-22(27)17(2)25(15-18-10-6-5-7-11-18)21(26)16-28-20-13-9-8-12-19(20)23/h5-13,17H,3-4,14-16H2,1-2H3,(H,24,27). The average Bonchev–Trinajstić information content (AvgIpc) is 2.71. The molecule has 0 aliphatic heterocycles. The normalized spacial score (nSPS) is 11.5. The quantitative estimate of drug-likeness (QED) is 0.610. The van der Waals surface area contributed by atoms with E-state index in [-0.39, 0.29) is 18.4 Å². The molecule has 150 valence electrons. The Kier molecular flexibility index (Phi) is 8.82. The van der Waals surface area contributed by atoms with Crippen molar-refractivity contribution in [1.82, 2.24) is 10.2 Å². The van der Waals surface area contributed by atoms with Gasteiger partial charge >= 0.3 is 0 Å². The highest BCUT2D eigenvalue weighted by molar-refractivity contribution is 6.32. The molecule has 0 saturated heterocycles. The maximum atomic E-state index is 12.9. The summed E-state index contributed by atoms with van der Waals surface area (Å²) in [5, 5.41) is 3.33. The number of carbonyl (C=O) groups is 2. The average molecular weight is 403 g/mol. The van der Waals surface area contributed by atoms with Gasteiger partial charge in [0.1, 0.15) is 11.8 Å². The minimum absolute atomic E-state index is 0.171. The highest BCUT2D eigenvalue weighted by Gasteiger charge is 2.26. The molecule has 0 aliphatic carbocycles. The molecule has 2 aromatic carbocycles. The van der Waals surface area contributed by atoms with Crippen LogP contribution in [0.4, 0.5) is 0 Å². The lowest BCUT2D eigenvalue weighted by atomic mass is 10.1. The predicted octanol–water partition coefficient (Wildman–Crippen LogP) is 4.05. The van der Waals surface area contributed by atoms with Crippen LogP contribution in [0.15, 0.2) is 54.6 Å². The number of unbranched alkanes of at least 4 members (excludes halogenated alkanes) is 1. The van der Waals surface area contributed by atoms with Gasteiger partial charge in [-0.05, 0) is 31.0 Å². The van der Waals surface area contributed by atoms with Crippen LogP contribution in [0.5, 0.6) is 5.75 Å². The molecule has 1 N–H and O–H groups in total. The Morgan fingerprint density at radius 2 is 1.79 bits per heavy atom. The van der Waals surface area contributed by atoms with Gasteiger partial charge in [-0.15, -0.1) is 0 Å². The molecule has 0 aromatic heterocycles. The number of carbonyl (C=O) groups excluding carboxylic acids is 2. The topological polar surface area (TPSA) is 58.6 Å². The minimum Gasteiger partial charge on any atom is -0.482 e. The number of hydrogen-bond acceptors (Lipinski definition) is 3. The monoisotopic (exact) mass is 402 g/mol. The fourth-order valence-corrected chi connectivity index (χ4v) is 2.87. The van der Waals surface area contributed by atoms with Crippen LogP contribution in [0, 0.1) is 0 Å². The molecule has 0 radical (unpaired) electrons. The zero-order valence-corrected chi connectivity index (χ0v) is 17.1. The number of amides is 2. The van der Waals surface area contributed by atoms with Crippen LogP contribution in [0.2, 0.25) is 5.02 Å². The maximum Gasteiger partial charge on any atom is 0.261 e. The second-order valence-corrected chi connectivity index (χ2v) is 6.95. The van der Waals surface area contributed by atoms with Crippen molar-refractivity contribution in [3.05, 3.63) is 65.2 Å². The highest BCUT2D eigenvalue weighted by Crippen LogP contribution is 2.23. The second kappa shape index (κ2) is 11.3. The summed E-state index contributed by atoms with van der Waals surface area (Å²) in [4.78, 5) is 26.9. The van der Waals surface area contributed by atoms with Crippen molar-refractivity contribution in [3.8, 4) is 5.75 Å². The van der Waals surface area contributed by atoms with Crippen LogP contribution in [-0.4, -0.2) is 35.9 Å². The number of nitrogens with one attached hydrogen (secondary N) is 1. The molecule has 0 spiro atoms. The third kappa shape index (κ3) is 6.57. The first kappa shape index (κ1) is 21.8. The van der Waals surface area contributed by atoms with Gasteiger partial charge in [0.2, 0.25) is 5.91 Å². The molecule has 2 aromatic rings. The molecule has 6 heteroatoms. The van der Waals surface area contributed by atoms with Crippen LogP contribution >= 0.6 is 11.6 Å². The highest BCUT2D eigenvalue weighted by atomic mass is 35.5. The van der Waals surface area contributed by atoms with Crippen LogP contribution in [-0.2, 0) is 16.1 Å². The van der Waals surface area contributed by atoms with E-state index in [2.05, 4.69) is 12.2 Å². The lowest BCUT2D eigenvalue weighted by Gasteiger charge is -2.28. The number of para-hydroxylation sites is 1. The van der Waals surface area contributed by atoms with E-state index in [0.29, 0.717) is 23.9 Å². The van der Waals surface area contributed by atoms with Gasteiger partial charge < -0.3 is 15.0 Å². The van der Waals surface area contributed by atoms with Crippen molar-refractivity contribution in [3.63, 3.8) is 0 Å². The third-order valence-corrected chi connectivity index (χ3v) is 4.69. The number of hydrogen-bond donors (Lipinski definition) is 1. The van der Waals surface area contributed by atoms with E-state index >= 15 is 0 Å². The Hall–Kier alpha value is -2.53. The number of ether oxygens (including phenoxy) is 1. The van der Waals surface area contributed by atoms with Gasteiger partial charge in [0, 0.05) is 13.1 Å². The molecule has 28 heavy (non-hydrogen) atoms. The van der Waals surface area contributed by atoms with Crippen molar-refractivity contribution >= 4 is 23.4 Å². The SMILES string of the molecule is CCCCNC(=O)C(C)N(Cc1ccccc1)C(=O)COc1ccccc1Cl. The Morgan fingerprint density at radius 3 is 2.46 bits per heavy atom. The number of rotatable bonds is 10. The zero-order chi connectivity index (χ0) is 20.4. The van der Waals surface area contributed by atoms with Gasteiger partial charge in [-0.2, -0.15) is 0 Å². The van der Waals surface area contributed by atoms with Crippen molar-refractivity contribution < 1.29 is 14.3 Å². The largest absolute Gasteiger partial charge is 0.482 e. The van der Waals surface area contributed by atoms with Crippen molar-refractivity contribution in [2.75, 3.05) is 13.2 Å². The lowest BCUT2D eigenvalue weighted by molar-refractivity contribution is -0.142. The summed E-state index contributed by atoms with van der Waals surface area (Å²) in [5.41, 5.74) is 0.946. The summed E-state index contributed by atoms with van der Waals surface area (Å²) in [6, 6.07) is 16.0. The molecular formula is C22H27ClN2O3. The van der Waals surface area contributed by atoms with E-state index in [1.165, 1.54) is 4.90 Å². The van der Waals surface area contributed by atoms with Crippen LogP contribution < -0.4 is 10.1 Å².